The summed E-state index contributed by atoms with van der Waals surface area (Å²) in [4.78, 5) is 17.6. The Bertz CT molecular complexity index is 1370. The summed E-state index contributed by atoms with van der Waals surface area (Å²) in [5.74, 6) is 0.166. The van der Waals surface area contributed by atoms with Crippen molar-refractivity contribution in [3.63, 3.8) is 0 Å². The number of hydrogen-bond donors (Lipinski definition) is 0. The molecule has 1 fully saturated rings. The van der Waals surface area contributed by atoms with Crippen LogP contribution in [0.2, 0.25) is 5.02 Å². The molecule has 1 atom stereocenters. The number of fused-ring (bicyclic) bond motifs is 1. The van der Waals surface area contributed by atoms with E-state index >= 15 is 0 Å². The second-order valence-electron chi connectivity index (χ2n) is 9.00. The Morgan fingerprint density at radius 3 is 2.32 bits per heavy atom. The lowest BCUT2D eigenvalue weighted by atomic mass is 10.2. The molecule has 0 N–H and O–H groups in total. The molecule has 2 aliphatic heterocycles. The van der Waals surface area contributed by atoms with Gasteiger partial charge in [-0.25, -0.2) is 8.42 Å². The van der Waals surface area contributed by atoms with E-state index in [4.69, 9.17) is 16.3 Å². The van der Waals surface area contributed by atoms with Crippen LogP contribution in [0, 0.1) is 0 Å². The predicted molar refractivity (Wildman–Crippen MR) is 145 cm³/mol. The van der Waals surface area contributed by atoms with Gasteiger partial charge in [-0.3, -0.25) is 14.0 Å². The van der Waals surface area contributed by atoms with Crippen LogP contribution in [0.3, 0.4) is 0 Å². The molecular formula is C28H28ClN3O4S. The number of para-hydroxylation sites is 2. The number of halogens is 1. The van der Waals surface area contributed by atoms with Crippen molar-refractivity contribution in [1.29, 1.82) is 0 Å². The molecule has 3 aromatic rings. The number of amides is 1. The molecular weight excluding hydrogens is 510 g/mol. The third-order valence-corrected chi connectivity index (χ3v) is 8.62. The highest BCUT2D eigenvalue weighted by Gasteiger charge is 2.39. The molecule has 0 aliphatic carbocycles. The summed E-state index contributed by atoms with van der Waals surface area (Å²) in [5.41, 5.74) is 1.57. The first-order valence-electron chi connectivity index (χ1n) is 12.2. The van der Waals surface area contributed by atoms with E-state index in [1.54, 1.807) is 29.2 Å². The Labute approximate surface area is 222 Å². The van der Waals surface area contributed by atoms with Crippen LogP contribution in [-0.2, 0) is 14.8 Å². The standard InChI is InChI=1S/C28H28ClN3O4S/c29-23-12-14-24(15-13-23)37(34,35)32-21-27(36-26-11-5-4-10-25(26)32)28(33)31-19-17-30(18-20-31)16-6-9-22-7-2-1-3-8-22/h1-15,27H,16-21H2/b9-6+/t27-/m0/s1. The topological polar surface area (TPSA) is 70.2 Å². The molecule has 0 saturated carbocycles. The van der Waals surface area contributed by atoms with Crippen molar-refractivity contribution >= 4 is 39.3 Å². The number of ether oxygens (including phenoxy) is 1. The van der Waals surface area contributed by atoms with Crippen molar-refractivity contribution in [2.24, 2.45) is 0 Å². The molecule has 37 heavy (non-hydrogen) atoms. The van der Waals surface area contributed by atoms with Gasteiger partial charge in [-0.15, -0.1) is 0 Å². The van der Waals surface area contributed by atoms with Gasteiger partial charge in [0.2, 0.25) is 0 Å². The average Bonchev–Trinajstić information content (AvgIpc) is 2.93. The second kappa shape index (κ2) is 11.0. The summed E-state index contributed by atoms with van der Waals surface area (Å²) in [7, 11) is -3.92. The Morgan fingerprint density at radius 2 is 1.59 bits per heavy atom. The largest absolute Gasteiger partial charge is 0.476 e. The molecule has 1 amide bonds. The van der Waals surface area contributed by atoms with E-state index in [0.29, 0.717) is 29.5 Å². The normalized spacial score (nSPS) is 18.5. The van der Waals surface area contributed by atoms with Gasteiger partial charge in [-0.1, -0.05) is 66.2 Å². The van der Waals surface area contributed by atoms with Crippen LogP contribution in [0.5, 0.6) is 5.75 Å². The van der Waals surface area contributed by atoms with Crippen LogP contribution < -0.4 is 9.04 Å². The van der Waals surface area contributed by atoms with Crippen molar-refractivity contribution in [3.8, 4) is 5.75 Å². The zero-order chi connectivity index (χ0) is 25.8. The minimum absolute atomic E-state index is 0.0964. The molecule has 3 aromatic carbocycles. The smallest absolute Gasteiger partial charge is 0.265 e. The highest BCUT2D eigenvalue weighted by molar-refractivity contribution is 7.92. The lowest BCUT2D eigenvalue weighted by Gasteiger charge is -2.39. The van der Waals surface area contributed by atoms with Gasteiger partial charge in [0.05, 0.1) is 17.1 Å². The molecule has 0 unspecified atom stereocenters. The predicted octanol–water partition coefficient (Wildman–Crippen LogP) is 4.15. The molecule has 0 bridgehead atoms. The van der Waals surface area contributed by atoms with Crippen molar-refractivity contribution in [3.05, 3.63) is 95.5 Å². The number of nitrogens with zero attached hydrogens (tertiary/aromatic N) is 3. The first-order chi connectivity index (χ1) is 17.9. The zero-order valence-electron chi connectivity index (χ0n) is 20.2. The van der Waals surface area contributed by atoms with Gasteiger partial charge in [0.1, 0.15) is 5.75 Å². The fraction of sp³-hybridized carbons (Fsp3) is 0.250. The quantitative estimate of drug-likeness (QED) is 0.472. The Hall–Kier alpha value is -3.33. The highest BCUT2D eigenvalue weighted by Crippen LogP contribution is 2.37. The molecule has 9 heteroatoms. The van der Waals surface area contributed by atoms with Crippen LogP contribution in [0.1, 0.15) is 5.56 Å². The molecule has 192 valence electrons. The first-order valence-corrected chi connectivity index (χ1v) is 14.0. The van der Waals surface area contributed by atoms with Crippen molar-refractivity contribution in [1.82, 2.24) is 9.80 Å². The van der Waals surface area contributed by atoms with Gasteiger partial charge >= 0.3 is 0 Å². The summed E-state index contributed by atoms with van der Waals surface area (Å²) in [6.45, 7) is 3.30. The highest BCUT2D eigenvalue weighted by atomic mass is 35.5. The van der Waals surface area contributed by atoms with Crippen molar-refractivity contribution in [2.45, 2.75) is 11.0 Å². The SMILES string of the molecule is O=C([C@@H]1CN(S(=O)(=O)c2ccc(Cl)cc2)c2ccccc2O1)N1CCN(C/C=C/c2ccccc2)CC1. The number of rotatable bonds is 6. The number of hydrogen-bond acceptors (Lipinski definition) is 5. The second-order valence-corrected chi connectivity index (χ2v) is 11.3. The number of anilines is 1. The molecule has 0 radical (unpaired) electrons. The summed E-state index contributed by atoms with van der Waals surface area (Å²) in [6, 6.07) is 23.1. The fourth-order valence-corrected chi connectivity index (χ4v) is 6.15. The van der Waals surface area contributed by atoms with E-state index in [9.17, 15) is 13.2 Å². The Balaban J connectivity index is 1.26. The maximum Gasteiger partial charge on any atom is 0.265 e. The molecule has 2 aliphatic rings. The molecule has 1 saturated heterocycles. The van der Waals surface area contributed by atoms with E-state index < -0.39 is 16.1 Å². The zero-order valence-corrected chi connectivity index (χ0v) is 21.8. The van der Waals surface area contributed by atoms with Gasteiger partial charge in [0, 0.05) is 37.7 Å². The molecule has 0 spiro atoms. The fourth-order valence-electron chi connectivity index (χ4n) is 4.55. The maximum atomic E-state index is 13.5. The summed E-state index contributed by atoms with van der Waals surface area (Å²) >= 11 is 5.96. The number of piperazine rings is 1. The minimum Gasteiger partial charge on any atom is -0.476 e. The van der Waals surface area contributed by atoms with E-state index in [1.165, 1.54) is 28.6 Å². The number of carbonyl (C=O) groups excluding carboxylic acids is 1. The monoisotopic (exact) mass is 537 g/mol. The van der Waals surface area contributed by atoms with Crippen LogP contribution in [0.25, 0.3) is 6.08 Å². The van der Waals surface area contributed by atoms with Gasteiger partial charge in [0.15, 0.2) is 6.10 Å². The molecule has 2 heterocycles. The van der Waals surface area contributed by atoms with Crippen molar-refractivity contribution < 1.29 is 17.9 Å². The number of carbonyl (C=O) groups is 1. The van der Waals surface area contributed by atoms with Crippen LogP contribution in [0.4, 0.5) is 5.69 Å². The van der Waals surface area contributed by atoms with E-state index in [0.717, 1.165) is 25.2 Å². The minimum atomic E-state index is -3.92. The lowest BCUT2D eigenvalue weighted by molar-refractivity contribution is -0.140. The Kier molecular flexibility index (Phi) is 7.50. The summed E-state index contributed by atoms with van der Waals surface area (Å²) in [5, 5.41) is 0.448. The first kappa shape index (κ1) is 25.3. The lowest BCUT2D eigenvalue weighted by Crippen LogP contribution is -2.56. The summed E-state index contributed by atoms with van der Waals surface area (Å²) in [6.07, 6.45) is 3.30. The van der Waals surface area contributed by atoms with E-state index in [-0.39, 0.29) is 17.3 Å². The van der Waals surface area contributed by atoms with E-state index in [2.05, 4.69) is 29.2 Å². The van der Waals surface area contributed by atoms with Gasteiger partial charge < -0.3 is 9.64 Å². The number of benzene rings is 3. The van der Waals surface area contributed by atoms with Gasteiger partial charge in [-0.05, 0) is 42.0 Å². The third kappa shape index (κ3) is 5.66. The summed E-state index contributed by atoms with van der Waals surface area (Å²) < 4.78 is 34.4. The third-order valence-electron chi connectivity index (χ3n) is 6.57. The molecule has 5 rings (SSSR count). The Morgan fingerprint density at radius 1 is 0.919 bits per heavy atom. The van der Waals surface area contributed by atoms with Crippen molar-refractivity contribution in [2.75, 3.05) is 43.6 Å². The van der Waals surface area contributed by atoms with Gasteiger partial charge in [0.25, 0.3) is 15.9 Å². The van der Waals surface area contributed by atoms with Crippen LogP contribution in [0.15, 0.2) is 89.8 Å². The molecule has 0 aromatic heterocycles. The number of sulfonamides is 1. The maximum absolute atomic E-state index is 13.5. The van der Waals surface area contributed by atoms with E-state index in [1.807, 2.05) is 18.2 Å². The average molecular weight is 538 g/mol. The molecule has 7 nitrogen and oxygen atoms in total. The van der Waals surface area contributed by atoms with Crippen LogP contribution in [-0.4, -0.2) is 69.5 Å². The van der Waals surface area contributed by atoms with Crippen LogP contribution >= 0.6 is 11.6 Å². The van der Waals surface area contributed by atoms with Gasteiger partial charge in [-0.2, -0.15) is 0 Å².